The maximum Gasteiger partial charge on any atom is 0.276 e. The molecule has 1 aromatic rings. The largest absolute Gasteiger partial charge is 0.394 e. The lowest BCUT2D eigenvalue weighted by Crippen LogP contribution is -2.68. The third kappa shape index (κ3) is 2.90. The van der Waals surface area contributed by atoms with E-state index in [0.717, 1.165) is 23.6 Å². The van der Waals surface area contributed by atoms with Crippen LogP contribution in [-0.2, 0) is 4.74 Å². The Kier molecular flexibility index (Phi) is 4.84. The molecule has 0 unspecified atom stereocenters. The van der Waals surface area contributed by atoms with Crippen molar-refractivity contribution in [1.29, 1.82) is 0 Å². The lowest BCUT2D eigenvalue weighted by Gasteiger charge is -2.43. The van der Waals surface area contributed by atoms with Crippen LogP contribution in [0.15, 0.2) is 35.2 Å². The molecule has 0 bridgehead atoms. The molecule has 1 heterocycles. The summed E-state index contributed by atoms with van der Waals surface area (Å²) in [7, 11) is 0. The van der Waals surface area contributed by atoms with E-state index in [1.807, 2.05) is 6.07 Å². The van der Waals surface area contributed by atoms with Crippen molar-refractivity contribution < 1.29 is 25.0 Å². The Hall–Kier alpha value is -1.19. The molecular weight excluding hydrogens is 298 g/mol. The van der Waals surface area contributed by atoms with E-state index in [2.05, 4.69) is 0 Å². The summed E-state index contributed by atoms with van der Waals surface area (Å²) in [5.41, 5.74) is -2.96. The molecule has 1 aliphatic heterocycles. The van der Waals surface area contributed by atoms with Crippen LogP contribution >= 0.6 is 11.8 Å². The second-order valence-corrected chi connectivity index (χ2v) is 6.20. The van der Waals surface area contributed by atoms with Crippen molar-refractivity contribution in [3.05, 3.63) is 40.4 Å². The molecule has 7 nitrogen and oxygen atoms in total. The summed E-state index contributed by atoms with van der Waals surface area (Å²) in [6, 6.07) is 8.97. The first-order valence-electron chi connectivity index (χ1n) is 6.40. The number of nitrogens with zero attached hydrogens (tertiary/aromatic N) is 1. The van der Waals surface area contributed by atoms with E-state index in [1.54, 1.807) is 24.3 Å². The van der Waals surface area contributed by atoms with Gasteiger partial charge in [-0.1, -0.05) is 30.0 Å². The van der Waals surface area contributed by atoms with E-state index >= 15 is 0 Å². The van der Waals surface area contributed by atoms with Crippen molar-refractivity contribution >= 4 is 11.8 Å². The highest BCUT2D eigenvalue weighted by Gasteiger charge is 2.61. The van der Waals surface area contributed by atoms with Crippen molar-refractivity contribution in [2.45, 2.75) is 41.1 Å². The number of aliphatic hydroxyl groups excluding tert-OH is 3. The van der Waals surface area contributed by atoms with E-state index in [1.165, 1.54) is 0 Å². The average Bonchev–Trinajstić information content (AvgIpc) is 2.48. The topological polar surface area (TPSA) is 113 Å². The summed E-state index contributed by atoms with van der Waals surface area (Å²) >= 11 is 1.11. The number of hydrogen-bond donors (Lipinski definition) is 3. The molecule has 5 atom stereocenters. The Bertz CT molecular complexity index is 501. The number of nitro groups is 1. The highest BCUT2D eigenvalue weighted by Crippen LogP contribution is 2.39. The van der Waals surface area contributed by atoms with Crippen LogP contribution in [0, 0.1) is 10.1 Å². The van der Waals surface area contributed by atoms with Crippen molar-refractivity contribution in [3.63, 3.8) is 0 Å². The molecule has 0 aromatic heterocycles. The van der Waals surface area contributed by atoms with Crippen LogP contribution in [0.5, 0.6) is 0 Å². The predicted molar refractivity (Wildman–Crippen MR) is 75.5 cm³/mol. The van der Waals surface area contributed by atoms with Gasteiger partial charge in [0, 0.05) is 16.7 Å². The van der Waals surface area contributed by atoms with E-state index in [9.17, 15) is 25.4 Å². The molecule has 1 aromatic carbocycles. The van der Waals surface area contributed by atoms with Crippen LogP contribution in [-0.4, -0.2) is 56.1 Å². The maximum atomic E-state index is 11.3. The van der Waals surface area contributed by atoms with Crippen molar-refractivity contribution in [2.24, 2.45) is 0 Å². The summed E-state index contributed by atoms with van der Waals surface area (Å²) < 4.78 is 5.42. The van der Waals surface area contributed by atoms with Gasteiger partial charge in [0.2, 0.25) is 0 Å². The SMILES string of the molecule is C[C@]1([N+](=O)[O-])[C@H](O)[C@@H](CO)O[C@@H](Sc2ccccc2)[C@@H]1O. The molecular formula is C13H17NO6S. The van der Waals surface area contributed by atoms with Gasteiger partial charge in [0.15, 0.2) is 12.2 Å². The Labute approximate surface area is 125 Å². The fourth-order valence-corrected chi connectivity index (χ4v) is 3.42. The van der Waals surface area contributed by atoms with Gasteiger partial charge in [-0.2, -0.15) is 0 Å². The Balaban J connectivity index is 2.28. The molecule has 21 heavy (non-hydrogen) atoms. The standard InChI is InChI=1S/C13H17NO6S/c1-13(14(18)19)10(16)9(7-15)20-12(11(13)17)21-8-5-3-2-4-6-8/h2-6,9-12,15-17H,7H2,1H3/t9-,10-,11+,12+,13+/m1/s1. The third-order valence-corrected chi connectivity index (χ3v) is 4.83. The van der Waals surface area contributed by atoms with Crippen LogP contribution < -0.4 is 0 Å². The molecule has 0 saturated carbocycles. The normalized spacial score (nSPS) is 36.4. The van der Waals surface area contributed by atoms with Gasteiger partial charge in [0.05, 0.1) is 6.61 Å². The van der Waals surface area contributed by atoms with Crippen molar-refractivity contribution in [1.82, 2.24) is 0 Å². The van der Waals surface area contributed by atoms with Crippen LogP contribution in [0.25, 0.3) is 0 Å². The van der Waals surface area contributed by atoms with Gasteiger partial charge < -0.3 is 20.1 Å². The second kappa shape index (κ2) is 6.29. The fourth-order valence-electron chi connectivity index (χ4n) is 2.23. The van der Waals surface area contributed by atoms with E-state index < -0.39 is 40.8 Å². The van der Waals surface area contributed by atoms with Crippen molar-refractivity contribution in [2.75, 3.05) is 6.61 Å². The van der Waals surface area contributed by atoms with Crippen LogP contribution in [0.3, 0.4) is 0 Å². The molecule has 1 aliphatic rings. The molecule has 0 amide bonds. The van der Waals surface area contributed by atoms with Crippen LogP contribution in [0.2, 0.25) is 0 Å². The van der Waals surface area contributed by atoms with E-state index in [4.69, 9.17) is 4.74 Å². The zero-order valence-corrected chi connectivity index (χ0v) is 12.1. The Morgan fingerprint density at radius 3 is 2.48 bits per heavy atom. The lowest BCUT2D eigenvalue weighted by atomic mass is 9.84. The molecule has 8 heteroatoms. The van der Waals surface area contributed by atoms with Crippen LogP contribution in [0.1, 0.15) is 6.92 Å². The monoisotopic (exact) mass is 315 g/mol. The van der Waals surface area contributed by atoms with Crippen LogP contribution in [0.4, 0.5) is 0 Å². The maximum absolute atomic E-state index is 11.3. The quantitative estimate of drug-likeness (QED) is 0.539. The first kappa shape index (κ1) is 16.2. The number of aliphatic hydroxyl groups is 3. The minimum atomic E-state index is -2.00. The predicted octanol–water partition coefficient (Wildman–Crippen LogP) is 0.253. The summed E-state index contributed by atoms with van der Waals surface area (Å²) in [5.74, 6) is 0. The summed E-state index contributed by atoms with van der Waals surface area (Å²) in [6.45, 7) is 0.592. The molecule has 0 aliphatic carbocycles. The zero-order chi connectivity index (χ0) is 15.6. The third-order valence-electron chi connectivity index (χ3n) is 3.69. The summed E-state index contributed by atoms with van der Waals surface area (Å²) in [5, 5.41) is 40.8. The van der Waals surface area contributed by atoms with Gasteiger partial charge in [-0.15, -0.1) is 0 Å². The number of ether oxygens (including phenoxy) is 1. The summed E-state index contributed by atoms with van der Waals surface area (Å²) in [6.07, 6.45) is -4.24. The molecule has 1 fully saturated rings. The number of benzene rings is 1. The minimum absolute atomic E-state index is 0.566. The second-order valence-electron chi connectivity index (χ2n) is 5.03. The molecule has 1 saturated heterocycles. The zero-order valence-electron chi connectivity index (χ0n) is 11.3. The molecule has 3 N–H and O–H groups in total. The van der Waals surface area contributed by atoms with Gasteiger partial charge in [0.1, 0.15) is 11.5 Å². The van der Waals surface area contributed by atoms with E-state index in [-0.39, 0.29) is 0 Å². The lowest BCUT2D eigenvalue weighted by molar-refractivity contribution is -0.602. The van der Waals surface area contributed by atoms with Gasteiger partial charge >= 0.3 is 0 Å². The number of rotatable bonds is 4. The smallest absolute Gasteiger partial charge is 0.276 e. The highest BCUT2D eigenvalue weighted by atomic mass is 32.2. The van der Waals surface area contributed by atoms with Gasteiger partial charge in [-0.05, 0) is 12.1 Å². The van der Waals surface area contributed by atoms with Crippen molar-refractivity contribution in [3.8, 4) is 0 Å². The number of hydrogen-bond acceptors (Lipinski definition) is 7. The molecule has 0 radical (unpaired) electrons. The van der Waals surface area contributed by atoms with Gasteiger partial charge in [-0.3, -0.25) is 10.1 Å². The van der Waals surface area contributed by atoms with E-state index in [0.29, 0.717) is 0 Å². The van der Waals surface area contributed by atoms with Gasteiger partial charge in [0.25, 0.3) is 5.54 Å². The molecule has 116 valence electrons. The molecule has 0 spiro atoms. The summed E-state index contributed by atoms with van der Waals surface area (Å²) in [4.78, 5) is 11.3. The average molecular weight is 315 g/mol. The fraction of sp³-hybridized carbons (Fsp3) is 0.538. The molecule has 2 rings (SSSR count). The minimum Gasteiger partial charge on any atom is -0.394 e. The Morgan fingerprint density at radius 2 is 1.95 bits per heavy atom. The van der Waals surface area contributed by atoms with Gasteiger partial charge in [-0.25, -0.2) is 0 Å². The number of thioether (sulfide) groups is 1. The first-order chi connectivity index (χ1) is 9.91. The Morgan fingerprint density at radius 1 is 1.33 bits per heavy atom. The highest BCUT2D eigenvalue weighted by molar-refractivity contribution is 7.99. The first-order valence-corrected chi connectivity index (χ1v) is 7.28.